The van der Waals surface area contributed by atoms with E-state index in [0.717, 1.165) is 16.7 Å². The number of benzene rings is 2. The summed E-state index contributed by atoms with van der Waals surface area (Å²) in [5, 5.41) is 12.4. The number of nitrogens with one attached hydrogen (secondary N) is 1. The van der Waals surface area contributed by atoms with Gasteiger partial charge in [0, 0.05) is 31.1 Å². The van der Waals surface area contributed by atoms with Gasteiger partial charge in [-0.05, 0) is 30.3 Å². The lowest BCUT2D eigenvalue weighted by atomic mass is 10.2. The third kappa shape index (κ3) is 3.82. The molecule has 0 aliphatic heterocycles. The maximum Gasteiger partial charge on any atom is 0.277 e. The molecule has 1 amide bonds. The van der Waals surface area contributed by atoms with E-state index in [2.05, 4.69) is 20.2 Å². The zero-order valence-electron chi connectivity index (χ0n) is 16.0. The minimum absolute atomic E-state index is 0.138. The van der Waals surface area contributed by atoms with E-state index < -0.39 is 0 Å². The highest BCUT2D eigenvalue weighted by molar-refractivity contribution is 5.86. The number of nitrogens with zero attached hydrogens (tertiary/aromatic N) is 4. The molecule has 148 valence electrons. The molecule has 4 aromatic rings. The molecule has 0 spiro atoms. The van der Waals surface area contributed by atoms with Crippen LogP contribution in [0.4, 0.5) is 0 Å². The first kappa shape index (κ1) is 18.7. The first-order chi connectivity index (χ1) is 14.2. The number of aromatic nitrogens is 4. The van der Waals surface area contributed by atoms with Gasteiger partial charge < -0.3 is 14.6 Å². The van der Waals surface area contributed by atoms with Gasteiger partial charge in [0.25, 0.3) is 5.56 Å². The number of hydrogen-bond donors (Lipinski definition) is 1. The van der Waals surface area contributed by atoms with Crippen molar-refractivity contribution in [3.63, 3.8) is 0 Å². The van der Waals surface area contributed by atoms with Crippen LogP contribution in [0.5, 0.6) is 5.75 Å². The maximum absolute atomic E-state index is 12.4. The Morgan fingerprint density at radius 3 is 2.79 bits per heavy atom. The van der Waals surface area contributed by atoms with Gasteiger partial charge in [-0.2, -0.15) is 0 Å². The topological polar surface area (TPSA) is 91.0 Å². The summed E-state index contributed by atoms with van der Waals surface area (Å²) in [5.74, 6) is 0.688. The largest absolute Gasteiger partial charge is 0.496 e. The molecule has 0 saturated carbocycles. The van der Waals surface area contributed by atoms with Crippen LogP contribution in [-0.4, -0.2) is 39.1 Å². The first-order valence-electron chi connectivity index (χ1n) is 9.38. The quantitative estimate of drug-likeness (QED) is 0.520. The van der Waals surface area contributed by atoms with Gasteiger partial charge in [-0.1, -0.05) is 23.4 Å². The Labute approximate surface area is 166 Å². The van der Waals surface area contributed by atoms with E-state index in [1.165, 1.54) is 4.68 Å². The summed E-state index contributed by atoms with van der Waals surface area (Å²) in [6.07, 6.45) is 2.14. The van der Waals surface area contributed by atoms with E-state index >= 15 is 0 Å². The van der Waals surface area contributed by atoms with Crippen molar-refractivity contribution in [1.82, 2.24) is 24.9 Å². The Morgan fingerprint density at radius 2 is 1.93 bits per heavy atom. The lowest BCUT2D eigenvalue weighted by Gasteiger charge is -2.09. The highest BCUT2D eigenvalue weighted by Gasteiger charge is 2.09. The number of hydrogen-bond acceptors (Lipinski definition) is 5. The smallest absolute Gasteiger partial charge is 0.277 e. The van der Waals surface area contributed by atoms with E-state index in [-0.39, 0.29) is 24.4 Å². The second-order valence-electron chi connectivity index (χ2n) is 6.64. The number of amides is 1. The number of aryl methyl sites for hydroxylation is 1. The first-order valence-corrected chi connectivity index (χ1v) is 9.38. The fourth-order valence-corrected chi connectivity index (χ4v) is 3.35. The molecule has 0 radical (unpaired) electrons. The normalized spacial score (nSPS) is 11.1. The lowest BCUT2D eigenvalue weighted by Crippen LogP contribution is -2.31. The second kappa shape index (κ2) is 8.14. The van der Waals surface area contributed by atoms with E-state index in [9.17, 15) is 9.59 Å². The Balaban J connectivity index is 1.33. The van der Waals surface area contributed by atoms with Crippen molar-refractivity contribution < 1.29 is 9.53 Å². The third-order valence-electron chi connectivity index (χ3n) is 4.85. The van der Waals surface area contributed by atoms with Crippen LogP contribution in [0.15, 0.2) is 59.5 Å². The SMILES string of the molecule is COc1cccc2c1ccn2CCNC(=O)CCn1nnc2ccccc2c1=O. The summed E-state index contributed by atoms with van der Waals surface area (Å²) >= 11 is 0. The molecule has 2 aromatic heterocycles. The van der Waals surface area contributed by atoms with Crippen LogP contribution in [-0.2, 0) is 17.9 Å². The van der Waals surface area contributed by atoms with Gasteiger partial charge in [0.15, 0.2) is 0 Å². The van der Waals surface area contributed by atoms with Gasteiger partial charge in [-0.25, -0.2) is 4.68 Å². The fourth-order valence-electron chi connectivity index (χ4n) is 3.35. The van der Waals surface area contributed by atoms with Gasteiger partial charge in [0.2, 0.25) is 5.91 Å². The van der Waals surface area contributed by atoms with Crippen LogP contribution in [0.25, 0.3) is 21.8 Å². The summed E-state index contributed by atoms with van der Waals surface area (Å²) in [4.78, 5) is 24.6. The summed E-state index contributed by atoms with van der Waals surface area (Å²) in [6, 6.07) is 14.9. The Bertz CT molecular complexity index is 1230. The Kier molecular flexibility index (Phi) is 5.24. The van der Waals surface area contributed by atoms with E-state index in [4.69, 9.17) is 4.74 Å². The molecular weight excluding hydrogens is 370 g/mol. The summed E-state index contributed by atoms with van der Waals surface area (Å²) in [6.45, 7) is 1.31. The Morgan fingerprint density at radius 1 is 1.07 bits per heavy atom. The molecule has 8 nitrogen and oxygen atoms in total. The van der Waals surface area contributed by atoms with Crippen molar-refractivity contribution in [3.8, 4) is 5.75 Å². The van der Waals surface area contributed by atoms with Crippen LogP contribution in [0.1, 0.15) is 6.42 Å². The van der Waals surface area contributed by atoms with Gasteiger partial charge in [-0.3, -0.25) is 9.59 Å². The average Bonchev–Trinajstić information content (AvgIpc) is 3.17. The molecule has 4 rings (SSSR count). The van der Waals surface area contributed by atoms with E-state index in [1.807, 2.05) is 30.5 Å². The molecule has 2 aromatic carbocycles. The fraction of sp³-hybridized carbons (Fsp3) is 0.238. The highest BCUT2D eigenvalue weighted by atomic mass is 16.5. The molecule has 0 aliphatic rings. The maximum atomic E-state index is 12.4. The van der Waals surface area contributed by atoms with Crippen molar-refractivity contribution >= 4 is 27.7 Å². The number of carbonyl (C=O) groups excluding carboxylic acids is 1. The van der Waals surface area contributed by atoms with Crippen molar-refractivity contribution in [1.29, 1.82) is 0 Å². The standard InChI is InChI=1S/C21H21N5O3/c1-29-19-8-4-7-18-16(19)9-12-25(18)14-11-22-20(27)10-13-26-21(28)15-5-2-3-6-17(15)23-24-26/h2-9,12H,10-11,13-14H2,1H3,(H,22,27). The molecule has 8 heteroatoms. The minimum atomic E-state index is -0.240. The molecule has 0 bridgehead atoms. The average molecular weight is 391 g/mol. The molecule has 0 atom stereocenters. The number of methoxy groups -OCH3 is 1. The van der Waals surface area contributed by atoms with E-state index in [1.54, 1.807) is 31.4 Å². The number of carbonyl (C=O) groups is 1. The van der Waals surface area contributed by atoms with Gasteiger partial charge in [0.1, 0.15) is 11.3 Å². The molecule has 0 fully saturated rings. The van der Waals surface area contributed by atoms with Crippen LogP contribution < -0.4 is 15.6 Å². The number of fused-ring (bicyclic) bond motifs is 2. The lowest BCUT2D eigenvalue weighted by molar-refractivity contribution is -0.121. The van der Waals surface area contributed by atoms with E-state index in [0.29, 0.717) is 24.0 Å². The monoisotopic (exact) mass is 391 g/mol. The molecule has 29 heavy (non-hydrogen) atoms. The summed E-state index contributed by atoms with van der Waals surface area (Å²) < 4.78 is 8.67. The van der Waals surface area contributed by atoms with Gasteiger partial charge in [-0.15, -0.1) is 5.10 Å². The zero-order valence-corrected chi connectivity index (χ0v) is 16.0. The second-order valence-corrected chi connectivity index (χ2v) is 6.64. The summed E-state index contributed by atoms with van der Waals surface area (Å²) in [7, 11) is 1.65. The predicted molar refractivity (Wildman–Crippen MR) is 110 cm³/mol. The van der Waals surface area contributed by atoms with Crippen molar-refractivity contribution in [2.75, 3.05) is 13.7 Å². The third-order valence-corrected chi connectivity index (χ3v) is 4.85. The summed E-state index contributed by atoms with van der Waals surface area (Å²) in [5.41, 5.74) is 1.36. The van der Waals surface area contributed by atoms with Gasteiger partial charge in [0.05, 0.1) is 24.6 Å². The van der Waals surface area contributed by atoms with Crippen LogP contribution in [0, 0.1) is 0 Å². The number of rotatable bonds is 7. The minimum Gasteiger partial charge on any atom is -0.496 e. The molecular formula is C21H21N5O3. The zero-order chi connectivity index (χ0) is 20.2. The molecule has 0 unspecified atom stereocenters. The highest BCUT2D eigenvalue weighted by Crippen LogP contribution is 2.25. The van der Waals surface area contributed by atoms with Crippen molar-refractivity contribution in [2.45, 2.75) is 19.5 Å². The van der Waals surface area contributed by atoms with Crippen molar-refractivity contribution in [3.05, 3.63) is 65.1 Å². The molecule has 1 N–H and O–H groups in total. The molecule has 2 heterocycles. The van der Waals surface area contributed by atoms with Gasteiger partial charge >= 0.3 is 0 Å². The Hall–Kier alpha value is -3.68. The molecule has 0 saturated heterocycles. The predicted octanol–water partition coefficient (Wildman–Crippen LogP) is 1.96. The van der Waals surface area contributed by atoms with Crippen molar-refractivity contribution in [2.24, 2.45) is 0 Å². The van der Waals surface area contributed by atoms with Crippen LogP contribution in [0.2, 0.25) is 0 Å². The number of ether oxygens (including phenoxy) is 1. The molecule has 0 aliphatic carbocycles. The van der Waals surface area contributed by atoms with Crippen LogP contribution >= 0.6 is 0 Å². The van der Waals surface area contributed by atoms with Crippen LogP contribution in [0.3, 0.4) is 0 Å².